The van der Waals surface area contributed by atoms with Gasteiger partial charge in [0.15, 0.2) is 15.0 Å². The van der Waals surface area contributed by atoms with Gasteiger partial charge in [-0.05, 0) is 61.9 Å². The minimum atomic E-state index is -3.53. The summed E-state index contributed by atoms with van der Waals surface area (Å²) in [5.74, 6) is 0.289. The lowest BCUT2D eigenvalue weighted by atomic mass is 10.2. The summed E-state index contributed by atoms with van der Waals surface area (Å²) in [6, 6.07) is 17.2. The fourth-order valence-electron chi connectivity index (χ4n) is 3.52. The number of carbonyl (C=O) groups is 1. The van der Waals surface area contributed by atoms with Gasteiger partial charge in [-0.3, -0.25) is 14.7 Å². The van der Waals surface area contributed by atoms with Crippen LogP contribution >= 0.6 is 22.9 Å². The molecule has 1 amide bonds. The Morgan fingerprint density at radius 2 is 1.89 bits per heavy atom. The molecule has 0 unspecified atom stereocenters. The topological polar surface area (TPSA) is 89.5 Å². The van der Waals surface area contributed by atoms with Crippen LogP contribution in [0.5, 0.6) is 5.75 Å². The summed E-state index contributed by atoms with van der Waals surface area (Å²) in [7, 11) is -3.53. The summed E-state index contributed by atoms with van der Waals surface area (Å²) >= 11 is 7.25. The van der Waals surface area contributed by atoms with Gasteiger partial charge in [0, 0.05) is 17.6 Å². The second-order valence-corrected chi connectivity index (χ2v) is 11.3. The van der Waals surface area contributed by atoms with Crippen molar-refractivity contribution in [1.82, 2.24) is 9.97 Å². The number of sulfone groups is 1. The van der Waals surface area contributed by atoms with Gasteiger partial charge in [-0.25, -0.2) is 13.4 Å². The first-order valence-corrected chi connectivity index (χ1v) is 13.9. The van der Waals surface area contributed by atoms with Crippen molar-refractivity contribution in [3.8, 4) is 5.75 Å². The zero-order chi connectivity index (χ0) is 24.8. The number of hydrogen-bond donors (Lipinski definition) is 0. The van der Waals surface area contributed by atoms with E-state index in [0.29, 0.717) is 33.7 Å². The number of aromatic nitrogens is 2. The molecule has 0 radical (unpaired) electrons. The summed E-state index contributed by atoms with van der Waals surface area (Å²) < 4.78 is 31.9. The number of thiazole rings is 1. The number of para-hydroxylation sites is 1. The third kappa shape index (κ3) is 6.17. The van der Waals surface area contributed by atoms with E-state index in [1.807, 2.05) is 43.3 Å². The summed E-state index contributed by atoms with van der Waals surface area (Å²) in [6.45, 7) is 2.64. The molecule has 10 heteroatoms. The first-order chi connectivity index (χ1) is 16.9. The highest BCUT2D eigenvalue weighted by Gasteiger charge is 2.23. The SMILES string of the molecule is CCOc1cccc2sc(N(Cc3ccccn3)C(=O)CCCS(=O)(=O)c3ccc(Cl)cc3)nc12. The molecule has 0 aliphatic heterocycles. The molecule has 0 N–H and O–H groups in total. The van der Waals surface area contributed by atoms with Crippen molar-refractivity contribution in [1.29, 1.82) is 0 Å². The number of pyridine rings is 1. The minimum absolute atomic E-state index is 0.0495. The van der Waals surface area contributed by atoms with Crippen LogP contribution in [-0.2, 0) is 21.2 Å². The highest BCUT2D eigenvalue weighted by Crippen LogP contribution is 2.35. The molecule has 0 bridgehead atoms. The Hall–Kier alpha value is -3.01. The third-order valence-electron chi connectivity index (χ3n) is 5.23. The number of halogens is 1. The van der Waals surface area contributed by atoms with Gasteiger partial charge >= 0.3 is 0 Å². The van der Waals surface area contributed by atoms with Gasteiger partial charge in [0.05, 0.1) is 34.2 Å². The van der Waals surface area contributed by atoms with Gasteiger partial charge in [-0.2, -0.15) is 0 Å². The van der Waals surface area contributed by atoms with Crippen LogP contribution in [0.4, 0.5) is 5.13 Å². The van der Waals surface area contributed by atoms with Crippen molar-refractivity contribution in [3.05, 3.63) is 77.6 Å². The Morgan fingerprint density at radius 3 is 2.60 bits per heavy atom. The largest absolute Gasteiger partial charge is 0.492 e. The molecule has 0 aliphatic rings. The van der Waals surface area contributed by atoms with E-state index in [1.54, 1.807) is 11.1 Å². The lowest BCUT2D eigenvalue weighted by molar-refractivity contribution is -0.118. The maximum Gasteiger partial charge on any atom is 0.229 e. The van der Waals surface area contributed by atoms with Gasteiger partial charge in [-0.1, -0.05) is 35.1 Å². The van der Waals surface area contributed by atoms with Crippen LogP contribution < -0.4 is 9.64 Å². The van der Waals surface area contributed by atoms with E-state index in [2.05, 4.69) is 4.98 Å². The molecule has 182 valence electrons. The number of nitrogens with zero attached hydrogens (tertiary/aromatic N) is 3. The molecule has 0 atom stereocenters. The van der Waals surface area contributed by atoms with E-state index in [-0.39, 0.29) is 35.9 Å². The number of benzene rings is 2. The molecule has 4 rings (SSSR count). The van der Waals surface area contributed by atoms with Gasteiger partial charge < -0.3 is 4.74 Å². The number of fused-ring (bicyclic) bond motifs is 1. The highest BCUT2D eigenvalue weighted by molar-refractivity contribution is 7.91. The predicted molar refractivity (Wildman–Crippen MR) is 139 cm³/mol. The molecule has 0 spiro atoms. The Morgan fingerprint density at radius 1 is 1.09 bits per heavy atom. The maximum absolute atomic E-state index is 13.3. The van der Waals surface area contributed by atoms with Crippen LogP contribution in [0.25, 0.3) is 10.2 Å². The van der Waals surface area contributed by atoms with E-state index in [0.717, 1.165) is 4.70 Å². The Bertz CT molecular complexity index is 1410. The summed E-state index contributed by atoms with van der Waals surface area (Å²) in [6.07, 6.45) is 1.90. The van der Waals surface area contributed by atoms with Crippen molar-refractivity contribution in [2.75, 3.05) is 17.3 Å². The van der Waals surface area contributed by atoms with Gasteiger partial charge in [0.2, 0.25) is 5.91 Å². The molecule has 35 heavy (non-hydrogen) atoms. The quantitative estimate of drug-likeness (QED) is 0.268. The van der Waals surface area contributed by atoms with Crippen molar-refractivity contribution in [3.63, 3.8) is 0 Å². The Kier molecular flexibility index (Phi) is 8.00. The lowest BCUT2D eigenvalue weighted by Crippen LogP contribution is -2.30. The van der Waals surface area contributed by atoms with Crippen LogP contribution in [0.2, 0.25) is 5.02 Å². The van der Waals surface area contributed by atoms with Gasteiger partial charge in [0.1, 0.15) is 11.3 Å². The average molecular weight is 530 g/mol. The van der Waals surface area contributed by atoms with Crippen LogP contribution in [0.15, 0.2) is 71.8 Å². The van der Waals surface area contributed by atoms with Gasteiger partial charge in [0.25, 0.3) is 0 Å². The van der Waals surface area contributed by atoms with Crippen molar-refractivity contribution in [2.45, 2.75) is 31.2 Å². The zero-order valence-corrected chi connectivity index (χ0v) is 21.4. The normalized spacial score (nSPS) is 11.5. The first-order valence-electron chi connectivity index (χ1n) is 11.1. The van der Waals surface area contributed by atoms with Crippen LogP contribution in [0, 0.1) is 0 Å². The molecule has 0 fully saturated rings. The molecular formula is C25H24ClN3O4S2. The summed E-state index contributed by atoms with van der Waals surface area (Å²) in [5.41, 5.74) is 1.40. The predicted octanol–water partition coefficient (Wildman–Crippen LogP) is 5.53. The van der Waals surface area contributed by atoms with Crippen LogP contribution in [0.3, 0.4) is 0 Å². The Labute approximate surface area is 213 Å². The van der Waals surface area contributed by atoms with E-state index < -0.39 is 9.84 Å². The second kappa shape index (κ2) is 11.2. The van der Waals surface area contributed by atoms with Crippen molar-refractivity contribution >= 4 is 54.0 Å². The third-order valence-corrected chi connectivity index (χ3v) is 8.34. The number of amides is 1. The van der Waals surface area contributed by atoms with Gasteiger partial charge in [-0.15, -0.1) is 0 Å². The Balaban J connectivity index is 1.55. The molecule has 0 aliphatic carbocycles. The highest BCUT2D eigenvalue weighted by atomic mass is 35.5. The standard InChI is InChI=1S/C25H24ClN3O4S2/c1-2-33-21-8-5-9-22-24(21)28-25(34-22)29(17-19-7-3-4-15-27-19)23(30)10-6-16-35(31,32)20-13-11-18(26)12-14-20/h3-5,7-9,11-15H,2,6,10,16-17H2,1H3. The minimum Gasteiger partial charge on any atom is -0.492 e. The summed E-state index contributed by atoms with van der Waals surface area (Å²) in [4.78, 5) is 24.1. The molecule has 2 aromatic carbocycles. The summed E-state index contributed by atoms with van der Waals surface area (Å²) in [5, 5.41) is 0.982. The molecule has 2 aromatic heterocycles. The van der Waals surface area contributed by atoms with Crippen LogP contribution in [-0.4, -0.2) is 36.7 Å². The molecule has 4 aromatic rings. The van der Waals surface area contributed by atoms with E-state index in [9.17, 15) is 13.2 Å². The number of ether oxygens (including phenoxy) is 1. The fourth-order valence-corrected chi connectivity index (χ4v) is 5.96. The maximum atomic E-state index is 13.3. The van der Waals surface area contributed by atoms with Crippen LogP contribution in [0.1, 0.15) is 25.5 Å². The van der Waals surface area contributed by atoms with E-state index >= 15 is 0 Å². The number of rotatable bonds is 10. The van der Waals surface area contributed by atoms with Crippen molar-refractivity contribution in [2.24, 2.45) is 0 Å². The lowest BCUT2D eigenvalue weighted by Gasteiger charge is -2.19. The smallest absolute Gasteiger partial charge is 0.229 e. The number of hydrogen-bond acceptors (Lipinski definition) is 7. The zero-order valence-electron chi connectivity index (χ0n) is 19.1. The molecule has 2 heterocycles. The average Bonchev–Trinajstić information content (AvgIpc) is 3.28. The second-order valence-electron chi connectivity index (χ2n) is 7.71. The first kappa shape index (κ1) is 25.1. The number of carbonyl (C=O) groups excluding carboxylic acids is 1. The molecule has 0 saturated heterocycles. The molecular weight excluding hydrogens is 506 g/mol. The molecule has 7 nitrogen and oxygen atoms in total. The fraction of sp³-hybridized carbons (Fsp3) is 0.240. The monoisotopic (exact) mass is 529 g/mol. The van der Waals surface area contributed by atoms with Crippen molar-refractivity contribution < 1.29 is 17.9 Å². The van der Waals surface area contributed by atoms with E-state index in [4.69, 9.17) is 21.3 Å². The number of anilines is 1. The molecule has 0 saturated carbocycles. The van der Waals surface area contributed by atoms with E-state index in [1.165, 1.54) is 35.6 Å².